The van der Waals surface area contributed by atoms with Gasteiger partial charge in [0, 0.05) is 5.69 Å². The van der Waals surface area contributed by atoms with Crippen molar-refractivity contribution in [3.05, 3.63) is 65.7 Å². The van der Waals surface area contributed by atoms with Crippen LogP contribution in [0.5, 0.6) is 0 Å². The lowest BCUT2D eigenvalue weighted by Gasteiger charge is -2.11. The lowest BCUT2D eigenvalue weighted by atomic mass is 9.94. The van der Waals surface area contributed by atoms with Crippen LogP contribution in [0.3, 0.4) is 0 Å². The van der Waals surface area contributed by atoms with Crippen LogP contribution in [0.15, 0.2) is 54.6 Å². The van der Waals surface area contributed by atoms with Crippen LogP contribution < -0.4 is 5.73 Å². The number of aromatic carboxylic acids is 1. The molecule has 0 saturated carbocycles. The van der Waals surface area contributed by atoms with Gasteiger partial charge in [-0.3, -0.25) is 0 Å². The predicted octanol–water partition coefficient (Wildman–Crippen LogP) is 4.10. The van der Waals surface area contributed by atoms with E-state index in [0.717, 1.165) is 16.5 Å². The Hall–Kier alpha value is -2.81. The molecule has 0 spiro atoms. The maximum atomic E-state index is 11.0. The number of nitrogen functional groups attached to an aromatic ring is 1. The lowest BCUT2D eigenvalue weighted by Crippen LogP contribution is -2.02. The molecular formula is C18H15NO2. The third kappa shape index (κ3) is 2.23. The molecule has 3 aromatic rings. The molecule has 0 fully saturated rings. The molecule has 0 aliphatic rings. The van der Waals surface area contributed by atoms with Crippen molar-refractivity contribution in [2.45, 2.75) is 6.92 Å². The third-order valence-electron chi connectivity index (χ3n) is 3.74. The molecule has 0 bridgehead atoms. The van der Waals surface area contributed by atoms with Gasteiger partial charge in [0.2, 0.25) is 0 Å². The average Bonchev–Trinajstić information content (AvgIpc) is 2.47. The number of anilines is 1. The molecule has 3 rings (SSSR count). The van der Waals surface area contributed by atoms with Crippen molar-refractivity contribution in [1.82, 2.24) is 0 Å². The van der Waals surface area contributed by atoms with Gasteiger partial charge in [-0.2, -0.15) is 0 Å². The molecule has 0 atom stereocenters. The van der Waals surface area contributed by atoms with Crippen LogP contribution >= 0.6 is 0 Å². The van der Waals surface area contributed by atoms with E-state index >= 15 is 0 Å². The molecule has 0 saturated heterocycles. The second-order valence-electron chi connectivity index (χ2n) is 5.08. The van der Waals surface area contributed by atoms with Crippen molar-refractivity contribution in [1.29, 1.82) is 0 Å². The van der Waals surface area contributed by atoms with Crippen molar-refractivity contribution in [3.63, 3.8) is 0 Å². The first-order valence-electron chi connectivity index (χ1n) is 6.69. The van der Waals surface area contributed by atoms with E-state index in [0.29, 0.717) is 0 Å². The quantitative estimate of drug-likeness (QED) is 0.693. The summed E-state index contributed by atoms with van der Waals surface area (Å²) in [6, 6.07) is 17.4. The van der Waals surface area contributed by atoms with Gasteiger partial charge < -0.3 is 10.8 Å². The molecule has 104 valence electrons. The number of hydrogen-bond acceptors (Lipinski definition) is 2. The Morgan fingerprint density at radius 1 is 1.00 bits per heavy atom. The molecule has 0 aliphatic carbocycles. The zero-order valence-corrected chi connectivity index (χ0v) is 11.6. The van der Waals surface area contributed by atoms with Gasteiger partial charge in [-0.05, 0) is 46.5 Å². The van der Waals surface area contributed by atoms with Gasteiger partial charge in [-0.1, -0.05) is 42.5 Å². The first kappa shape index (κ1) is 13.2. The molecular weight excluding hydrogens is 262 g/mol. The number of hydrogen-bond donors (Lipinski definition) is 2. The minimum atomic E-state index is -1.01. The van der Waals surface area contributed by atoms with Crippen LogP contribution in [0, 0.1) is 6.92 Å². The molecule has 3 nitrogen and oxygen atoms in total. The van der Waals surface area contributed by atoms with Gasteiger partial charge >= 0.3 is 5.97 Å². The van der Waals surface area contributed by atoms with E-state index in [1.165, 1.54) is 10.9 Å². The molecule has 3 N–H and O–H groups in total. The van der Waals surface area contributed by atoms with E-state index in [1.54, 1.807) is 18.2 Å². The maximum absolute atomic E-state index is 11.0. The molecule has 0 aliphatic heterocycles. The van der Waals surface area contributed by atoms with Crippen LogP contribution in [0.1, 0.15) is 15.9 Å². The fourth-order valence-electron chi connectivity index (χ4n) is 2.63. The van der Waals surface area contributed by atoms with Crippen molar-refractivity contribution >= 4 is 22.4 Å². The minimum Gasteiger partial charge on any atom is -0.478 e. The van der Waals surface area contributed by atoms with E-state index < -0.39 is 5.97 Å². The van der Waals surface area contributed by atoms with Crippen LogP contribution in [-0.2, 0) is 0 Å². The Balaban J connectivity index is 2.24. The number of nitrogens with two attached hydrogens (primary N) is 1. The number of carbonyl (C=O) groups is 1. The monoisotopic (exact) mass is 277 g/mol. The Morgan fingerprint density at radius 2 is 1.71 bits per heavy atom. The third-order valence-corrected chi connectivity index (χ3v) is 3.74. The highest BCUT2D eigenvalue weighted by molar-refractivity contribution is 6.00. The largest absolute Gasteiger partial charge is 0.478 e. The minimum absolute atomic E-state index is 0.134. The van der Waals surface area contributed by atoms with Crippen molar-refractivity contribution in [2.24, 2.45) is 0 Å². The Kier molecular flexibility index (Phi) is 3.10. The first-order valence-corrected chi connectivity index (χ1v) is 6.69. The zero-order chi connectivity index (χ0) is 15.0. The molecule has 3 aromatic carbocycles. The number of aryl methyl sites for hydroxylation is 1. The number of carboxylic acids is 1. The fraction of sp³-hybridized carbons (Fsp3) is 0.0556. The summed E-state index contributed by atoms with van der Waals surface area (Å²) in [7, 11) is 0. The summed E-state index contributed by atoms with van der Waals surface area (Å²) in [6.45, 7) is 2.08. The van der Waals surface area contributed by atoms with E-state index in [-0.39, 0.29) is 11.3 Å². The maximum Gasteiger partial charge on any atom is 0.337 e. The van der Waals surface area contributed by atoms with E-state index in [4.69, 9.17) is 10.8 Å². The lowest BCUT2D eigenvalue weighted by molar-refractivity contribution is 0.0698. The second kappa shape index (κ2) is 4.94. The first-order chi connectivity index (χ1) is 10.1. The summed E-state index contributed by atoms with van der Waals surface area (Å²) < 4.78 is 0. The Bertz CT molecular complexity index is 853. The van der Waals surface area contributed by atoms with Gasteiger partial charge in [-0.25, -0.2) is 4.79 Å². The van der Waals surface area contributed by atoms with Gasteiger partial charge in [0.15, 0.2) is 0 Å². The molecule has 21 heavy (non-hydrogen) atoms. The normalized spacial score (nSPS) is 10.7. The Morgan fingerprint density at radius 3 is 2.38 bits per heavy atom. The number of benzene rings is 3. The summed E-state index contributed by atoms with van der Waals surface area (Å²) in [5.74, 6) is -1.01. The molecule has 3 heteroatoms. The smallest absolute Gasteiger partial charge is 0.337 e. The van der Waals surface area contributed by atoms with E-state index in [1.807, 2.05) is 18.2 Å². The van der Waals surface area contributed by atoms with Crippen molar-refractivity contribution in [2.75, 3.05) is 5.73 Å². The van der Waals surface area contributed by atoms with Crippen LogP contribution in [0.2, 0.25) is 0 Å². The zero-order valence-electron chi connectivity index (χ0n) is 11.6. The fourth-order valence-corrected chi connectivity index (χ4v) is 2.63. The molecule has 0 aromatic heterocycles. The summed E-state index contributed by atoms with van der Waals surface area (Å²) in [4.78, 5) is 11.0. The summed E-state index contributed by atoms with van der Waals surface area (Å²) >= 11 is 0. The summed E-state index contributed by atoms with van der Waals surface area (Å²) in [5.41, 5.74) is 9.46. The highest BCUT2D eigenvalue weighted by Gasteiger charge is 2.11. The SMILES string of the molecule is Cc1ccc(-c2ccc(C(=O)O)c(N)c2)c2ccccc12. The van der Waals surface area contributed by atoms with E-state index in [9.17, 15) is 4.79 Å². The van der Waals surface area contributed by atoms with Gasteiger partial charge in [0.05, 0.1) is 5.56 Å². The highest BCUT2D eigenvalue weighted by Crippen LogP contribution is 2.32. The van der Waals surface area contributed by atoms with Crippen LogP contribution in [-0.4, -0.2) is 11.1 Å². The van der Waals surface area contributed by atoms with Crippen LogP contribution in [0.4, 0.5) is 5.69 Å². The number of rotatable bonds is 2. The van der Waals surface area contributed by atoms with Gasteiger partial charge in [-0.15, -0.1) is 0 Å². The molecule has 0 amide bonds. The van der Waals surface area contributed by atoms with Crippen LogP contribution in [0.25, 0.3) is 21.9 Å². The standard InChI is InChI=1S/C18H15NO2/c1-11-6-8-14(15-5-3-2-4-13(11)15)12-7-9-16(18(20)21)17(19)10-12/h2-10H,19H2,1H3,(H,20,21). The molecule has 0 heterocycles. The topological polar surface area (TPSA) is 63.3 Å². The van der Waals surface area contributed by atoms with E-state index in [2.05, 4.69) is 25.1 Å². The highest BCUT2D eigenvalue weighted by atomic mass is 16.4. The molecule has 0 unspecified atom stereocenters. The van der Waals surface area contributed by atoms with Gasteiger partial charge in [0.25, 0.3) is 0 Å². The molecule has 0 radical (unpaired) electrons. The predicted molar refractivity (Wildman–Crippen MR) is 85.5 cm³/mol. The summed E-state index contributed by atoms with van der Waals surface area (Å²) in [6.07, 6.45) is 0. The number of carboxylic acid groups (broad SMARTS) is 1. The van der Waals surface area contributed by atoms with Crippen molar-refractivity contribution < 1.29 is 9.90 Å². The number of fused-ring (bicyclic) bond motifs is 1. The Labute approximate surface area is 122 Å². The van der Waals surface area contributed by atoms with Gasteiger partial charge in [0.1, 0.15) is 0 Å². The second-order valence-corrected chi connectivity index (χ2v) is 5.08. The van der Waals surface area contributed by atoms with Crippen molar-refractivity contribution in [3.8, 4) is 11.1 Å². The summed E-state index contributed by atoms with van der Waals surface area (Å²) in [5, 5.41) is 11.4. The average molecular weight is 277 g/mol.